The fraction of sp³-hybridized carbons (Fsp3) is 0.208. The Morgan fingerprint density at radius 2 is 1.61 bits per heavy atom. The highest BCUT2D eigenvalue weighted by atomic mass is 32.2. The molecule has 0 unspecified atom stereocenters. The first-order valence-corrected chi connectivity index (χ1v) is 11.4. The highest BCUT2D eigenvalue weighted by molar-refractivity contribution is 7.92. The highest BCUT2D eigenvalue weighted by Crippen LogP contribution is 2.28. The van der Waals surface area contributed by atoms with Gasteiger partial charge >= 0.3 is 0 Å². The van der Waals surface area contributed by atoms with Crippen molar-refractivity contribution in [3.05, 3.63) is 83.9 Å². The fourth-order valence-electron chi connectivity index (χ4n) is 3.20. The van der Waals surface area contributed by atoms with Crippen molar-refractivity contribution in [2.75, 3.05) is 23.3 Å². The van der Waals surface area contributed by atoms with Crippen LogP contribution in [0.4, 0.5) is 11.4 Å². The zero-order valence-corrected chi connectivity index (χ0v) is 18.6. The van der Waals surface area contributed by atoms with E-state index in [4.69, 9.17) is 4.74 Å². The SMILES string of the molecule is CCc1ccccc1N(CC(=O)Nc1ccc(OC)cc1)S(=O)(=O)c1ccc(C)cc1. The Bertz CT molecular complexity index is 1140. The number of nitrogens with one attached hydrogen (secondary N) is 1. The number of aryl methyl sites for hydroxylation is 2. The summed E-state index contributed by atoms with van der Waals surface area (Å²) in [5.74, 6) is 0.227. The quantitative estimate of drug-likeness (QED) is 0.566. The van der Waals surface area contributed by atoms with Crippen LogP contribution in [0.25, 0.3) is 0 Å². The smallest absolute Gasteiger partial charge is 0.264 e. The molecule has 1 N–H and O–H groups in total. The van der Waals surface area contributed by atoms with Crippen molar-refractivity contribution in [2.24, 2.45) is 0 Å². The largest absolute Gasteiger partial charge is 0.497 e. The maximum Gasteiger partial charge on any atom is 0.264 e. The third-order valence-electron chi connectivity index (χ3n) is 4.91. The number of hydrogen-bond acceptors (Lipinski definition) is 4. The zero-order valence-electron chi connectivity index (χ0n) is 17.8. The Morgan fingerprint density at radius 3 is 2.23 bits per heavy atom. The van der Waals surface area contributed by atoms with Gasteiger partial charge in [0.15, 0.2) is 0 Å². The highest BCUT2D eigenvalue weighted by Gasteiger charge is 2.28. The molecule has 0 aliphatic carbocycles. The molecule has 0 fully saturated rings. The number of carbonyl (C=O) groups is 1. The van der Waals surface area contributed by atoms with E-state index in [1.807, 2.05) is 26.0 Å². The van der Waals surface area contributed by atoms with Crippen LogP contribution in [0.5, 0.6) is 5.75 Å². The van der Waals surface area contributed by atoms with Crippen molar-refractivity contribution in [1.82, 2.24) is 0 Å². The van der Waals surface area contributed by atoms with Crippen LogP contribution in [0.2, 0.25) is 0 Å². The molecule has 0 saturated heterocycles. The van der Waals surface area contributed by atoms with E-state index >= 15 is 0 Å². The first kappa shape index (κ1) is 22.4. The van der Waals surface area contributed by atoms with Gasteiger partial charge in [0.2, 0.25) is 5.91 Å². The number of anilines is 2. The summed E-state index contributed by atoms with van der Waals surface area (Å²) in [4.78, 5) is 13.0. The third-order valence-corrected chi connectivity index (χ3v) is 6.69. The Morgan fingerprint density at radius 1 is 0.968 bits per heavy atom. The summed E-state index contributed by atoms with van der Waals surface area (Å²) in [6.45, 7) is 3.50. The Kier molecular flexibility index (Phi) is 6.97. The second kappa shape index (κ2) is 9.66. The first-order valence-electron chi connectivity index (χ1n) is 9.96. The van der Waals surface area contributed by atoms with Crippen molar-refractivity contribution in [1.29, 1.82) is 0 Å². The molecule has 0 spiro atoms. The number of methoxy groups -OCH3 is 1. The number of sulfonamides is 1. The van der Waals surface area contributed by atoms with Gasteiger partial charge in [0.25, 0.3) is 10.0 Å². The molecule has 31 heavy (non-hydrogen) atoms. The lowest BCUT2D eigenvalue weighted by Gasteiger charge is -2.26. The van der Waals surface area contributed by atoms with Gasteiger partial charge in [-0.1, -0.05) is 42.8 Å². The summed E-state index contributed by atoms with van der Waals surface area (Å²) in [5, 5.41) is 2.76. The Hall–Kier alpha value is -3.32. The molecule has 3 rings (SSSR count). The van der Waals surface area contributed by atoms with Crippen LogP contribution in [0, 0.1) is 6.92 Å². The van der Waals surface area contributed by atoms with Gasteiger partial charge in [-0.15, -0.1) is 0 Å². The van der Waals surface area contributed by atoms with Crippen LogP contribution in [0.3, 0.4) is 0 Å². The molecule has 0 heterocycles. The second-order valence-corrected chi connectivity index (χ2v) is 8.95. The normalized spacial score (nSPS) is 11.1. The van der Waals surface area contributed by atoms with Crippen molar-refractivity contribution < 1.29 is 17.9 Å². The van der Waals surface area contributed by atoms with E-state index in [-0.39, 0.29) is 11.4 Å². The lowest BCUT2D eigenvalue weighted by molar-refractivity contribution is -0.114. The average molecular weight is 439 g/mol. The van der Waals surface area contributed by atoms with E-state index in [1.54, 1.807) is 67.8 Å². The van der Waals surface area contributed by atoms with Crippen LogP contribution in [0.15, 0.2) is 77.7 Å². The van der Waals surface area contributed by atoms with Gasteiger partial charge in [0, 0.05) is 5.69 Å². The monoisotopic (exact) mass is 438 g/mol. The predicted molar refractivity (Wildman–Crippen MR) is 123 cm³/mol. The first-order chi connectivity index (χ1) is 14.8. The molecule has 0 aromatic heterocycles. The number of carbonyl (C=O) groups excluding carboxylic acids is 1. The zero-order chi connectivity index (χ0) is 22.4. The second-order valence-electron chi connectivity index (χ2n) is 7.08. The van der Waals surface area contributed by atoms with Gasteiger partial charge in [-0.2, -0.15) is 0 Å². The average Bonchev–Trinajstić information content (AvgIpc) is 2.78. The molecule has 7 heteroatoms. The van der Waals surface area contributed by atoms with Gasteiger partial charge in [0.05, 0.1) is 17.7 Å². The predicted octanol–water partition coefficient (Wildman–Crippen LogP) is 4.40. The van der Waals surface area contributed by atoms with E-state index in [2.05, 4.69) is 5.32 Å². The van der Waals surface area contributed by atoms with E-state index < -0.39 is 15.9 Å². The summed E-state index contributed by atoms with van der Waals surface area (Å²) in [6, 6.07) is 20.7. The van der Waals surface area contributed by atoms with Crippen molar-refractivity contribution in [3.8, 4) is 5.75 Å². The summed E-state index contributed by atoms with van der Waals surface area (Å²) in [6.07, 6.45) is 0.635. The maximum absolute atomic E-state index is 13.5. The molecular weight excluding hydrogens is 412 g/mol. The maximum atomic E-state index is 13.5. The van der Waals surface area contributed by atoms with E-state index in [0.717, 1.165) is 11.1 Å². The minimum Gasteiger partial charge on any atom is -0.497 e. The van der Waals surface area contributed by atoms with Gasteiger partial charge < -0.3 is 10.1 Å². The number of hydrogen-bond donors (Lipinski definition) is 1. The number of ether oxygens (including phenoxy) is 1. The molecule has 3 aromatic rings. The molecule has 162 valence electrons. The molecule has 0 bridgehead atoms. The summed E-state index contributed by atoms with van der Waals surface area (Å²) >= 11 is 0. The standard InChI is InChI=1S/C24H26N2O4S/c1-4-19-7-5-6-8-23(19)26(31(28,29)22-15-9-18(2)10-16-22)17-24(27)25-20-11-13-21(30-3)14-12-20/h5-16H,4,17H2,1-3H3,(H,25,27). The van der Waals surface area contributed by atoms with Gasteiger partial charge in [0.1, 0.15) is 12.3 Å². The molecule has 0 saturated carbocycles. The lowest BCUT2D eigenvalue weighted by atomic mass is 10.1. The minimum atomic E-state index is -3.95. The summed E-state index contributed by atoms with van der Waals surface area (Å²) in [5.41, 5.74) is 2.85. The van der Waals surface area contributed by atoms with Crippen LogP contribution in [0.1, 0.15) is 18.1 Å². The van der Waals surface area contributed by atoms with Gasteiger partial charge in [-0.05, 0) is 61.4 Å². The van der Waals surface area contributed by atoms with Crippen molar-refractivity contribution in [2.45, 2.75) is 25.2 Å². The van der Waals surface area contributed by atoms with Crippen molar-refractivity contribution in [3.63, 3.8) is 0 Å². The molecule has 0 aliphatic rings. The molecule has 6 nitrogen and oxygen atoms in total. The van der Waals surface area contributed by atoms with E-state index in [0.29, 0.717) is 23.5 Å². The van der Waals surface area contributed by atoms with Gasteiger partial charge in [-0.3, -0.25) is 9.10 Å². The molecule has 1 amide bonds. The summed E-state index contributed by atoms with van der Waals surface area (Å²) in [7, 11) is -2.39. The van der Waals surface area contributed by atoms with Crippen LogP contribution >= 0.6 is 0 Å². The number of benzene rings is 3. The van der Waals surface area contributed by atoms with E-state index in [9.17, 15) is 13.2 Å². The molecule has 0 atom stereocenters. The summed E-state index contributed by atoms with van der Waals surface area (Å²) < 4.78 is 33.3. The Labute approximate surface area is 183 Å². The van der Waals surface area contributed by atoms with Crippen LogP contribution < -0.4 is 14.4 Å². The fourth-order valence-corrected chi connectivity index (χ4v) is 4.65. The molecule has 0 aliphatic heterocycles. The van der Waals surface area contributed by atoms with E-state index in [1.165, 1.54) is 4.31 Å². The van der Waals surface area contributed by atoms with Crippen molar-refractivity contribution >= 4 is 27.3 Å². The molecule has 3 aromatic carbocycles. The number of rotatable bonds is 8. The Balaban J connectivity index is 1.95. The lowest BCUT2D eigenvalue weighted by Crippen LogP contribution is -2.38. The minimum absolute atomic E-state index is 0.140. The number of para-hydroxylation sites is 1. The van der Waals surface area contributed by atoms with Crippen LogP contribution in [-0.2, 0) is 21.2 Å². The van der Waals surface area contributed by atoms with Crippen LogP contribution in [-0.4, -0.2) is 28.0 Å². The molecular formula is C24H26N2O4S. The topological polar surface area (TPSA) is 75.7 Å². The number of nitrogens with zero attached hydrogens (tertiary/aromatic N) is 1. The number of amides is 1. The third kappa shape index (κ3) is 5.24. The molecule has 0 radical (unpaired) electrons. The van der Waals surface area contributed by atoms with Gasteiger partial charge in [-0.25, -0.2) is 8.42 Å².